The molecule has 0 amide bonds. The smallest absolute Gasteiger partial charge is 0.152 e. The number of hydrogen-bond donors (Lipinski definition) is 1. The van der Waals surface area contributed by atoms with Gasteiger partial charge in [0.1, 0.15) is 0 Å². The first-order chi connectivity index (χ1) is 8.76. The molecule has 0 spiro atoms. The van der Waals surface area contributed by atoms with Crippen LogP contribution >= 0.6 is 0 Å². The summed E-state index contributed by atoms with van der Waals surface area (Å²) in [5.41, 5.74) is 1.99. The normalized spacial score (nSPS) is 11.0. The zero-order valence-electron chi connectivity index (χ0n) is 10.9. The second-order valence-corrected chi connectivity index (χ2v) is 4.28. The van der Waals surface area contributed by atoms with Gasteiger partial charge in [0, 0.05) is 11.9 Å². The maximum absolute atomic E-state index is 11.8. The van der Waals surface area contributed by atoms with Crippen LogP contribution in [0, 0.1) is 0 Å². The summed E-state index contributed by atoms with van der Waals surface area (Å²) in [6, 6.07) is 8.07. The van der Waals surface area contributed by atoms with Gasteiger partial charge in [0.25, 0.3) is 0 Å². The van der Waals surface area contributed by atoms with Gasteiger partial charge in [-0.25, -0.2) is 0 Å². The molecule has 0 aliphatic carbocycles. The van der Waals surface area contributed by atoms with Crippen LogP contribution in [-0.4, -0.2) is 28.7 Å². The predicted octanol–water partition coefficient (Wildman–Crippen LogP) is 1.78. The minimum atomic E-state index is 0.184. The molecular weight excluding hydrogens is 226 g/mol. The van der Waals surface area contributed by atoms with Crippen molar-refractivity contribution in [3.05, 3.63) is 30.0 Å². The minimum absolute atomic E-state index is 0.184. The monoisotopic (exact) mass is 245 g/mol. The highest BCUT2D eigenvalue weighted by Gasteiger charge is 2.12. The first-order valence-electron chi connectivity index (χ1n) is 6.43. The summed E-state index contributed by atoms with van der Waals surface area (Å²) in [5.74, 6) is 0.184. The van der Waals surface area contributed by atoms with Gasteiger partial charge in [-0.05, 0) is 19.5 Å². The van der Waals surface area contributed by atoms with Gasteiger partial charge >= 0.3 is 0 Å². The van der Waals surface area contributed by atoms with Gasteiger partial charge in [-0.1, -0.05) is 25.1 Å². The second-order valence-electron chi connectivity index (χ2n) is 4.28. The summed E-state index contributed by atoms with van der Waals surface area (Å²) < 4.78 is 1.95. The molecule has 0 radical (unpaired) electrons. The topological polar surface area (TPSA) is 46.9 Å². The largest absolute Gasteiger partial charge is 0.310 e. The van der Waals surface area contributed by atoms with Gasteiger partial charge < -0.3 is 5.32 Å². The molecule has 1 heterocycles. The standard InChI is InChI=1S/C14H19N3O/c1-3-15-10-11(18)9-13-12-7-5-6-8-14(12)17(4-2)16-13/h5-8,15H,3-4,9-10H2,1-2H3. The van der Waals surface area contributed by atoms with Crippen molar-refractivity contribution in [3.63, 3.8) is 0 Å². The molecule has 2 aromatic rings. The van der Waals surface area contributed by atoms with E-state index in [1.165, 1.54) is 0 Å². The summed E-state index contributed by atoms with van der Waals surface area (Å²) >= 11 is 0. The fourth-order valence-corrected chi connectivity index (χ4v) is 2.08. The van der Waals surface area contributed by atoms with Crippen molar-refractivity contribution in [1.29, 1.82) is 0 Å². The molecule has 0 unspecified atom stereocenters. The summed E-state index contributed by atoms with van der Waals surface area (Å²) in [5, 5.41) is 8.66. The lowest BCUT2D eigenvalue weighted by Crippen LogP contribution is -2.24. The zero-order valence-corrected chi connectivity index (χ0v) is 10.9. The Morgan fingerprint density at radius 1 is 1.33 bits per heavy atom. The van der Waals surface area contributed by atoms with E-state index in [1.807, 2.05) is 35.9 Å². The highest BCUT2D eigenvalue weighted by molar-refractivity contribution is 5.89. The van der Waals surface area contributed by atoms with Crippen LogP contribution in [0.25, 0.3) is 10.9 Å². The Labute approximate surface area is 107 Å². The van der Waals surface area contributed by atoms with Gasteiger partial charge in [-0.15, -0.1) is 0 Å². The number of carbonyl (C=O) groups excluding carboxylic acids is 1. The van der Waals surface area contributed by atoms with E-state index >= 15 is 0 Å². The maximum atomic E-state index is 11.8. The van der Waals surface area contributed by atoms with Crippen LogP contribution in [0.4, 0.5) is 0 Å². The number of ketones is 1. The number of para-hydroxylation sites is 1. The summed E-state index contributed by atoms with van der Waals surface area (Å²) in [6.07, 6.45) is 0.403. The Morgan fingerprint density at radius 3 is 2.83 bits per heavy atom. The summed E-state index contributed by atoms with van der Waals surface area (Å²) in [6.45, 7) is 6.11. The van der Waals surface area contributed by atoms with Gasteiger partial charge in [0.05, 0.1) is 24.2 Å². The van der Waals surface area contributed by atoms with Crippen LogP contribution in [0.5, 0.6) is 0 Å². The molecule has 0 aliphatic rings. The first-order valence-corrected chi connectivity index (χ1v) is 6.43. The fraction of sp³-hybridized carbons (Fsp3) is 0.429. The molecule has 0 saturated heterocycles. The lowest BCUT2D eigenvalue weighted by Gasteiger charge is -1.99. The predicted molar refractivity (Wildman–Crippen MR) is 72.7 cm³/mol. The number of carbonyl (C=O) groups is 1. The van der Waals surface area contributed by atoms with Gasteiger partial charge in [-0.2, -0.15) is 5.10 Å². The molecule has 0 saturated carbocycles. The van der Waals surface area contributed by atoms with Crippen LogP contribution in [-0.2, 0) is 17.8 Å². The van der Waals surface area contributed by atoms with E-state index in [-0.39, 0.29) is 5.78 Å². The highest BCUT2D eigenvalue weighted by Crippen LogP contribution is 2.18. The van der Waals surface area contributed by atoms with Crippen LogP contribution in [0.1, 0.15) is 19.5 Å². The number of benzene rings is 1. The molecular formula is C14H19N3O. The van der Waals surface area contributed by atoms with E-state index in [0.29, 0.717) is 13.0 Å². The SMILES string of the molecule is CCNCC(=O)Cc1nn(CC)c2ccccc12. The van der Waals surface area contributed by atoms with Crippen molar-refractivity contribution >= 4 is 16.7 Å². The number of aromatic nitrogens is 2. The van der Waals surface area contributed by atoms with E-state index in [4.69, 9.17) is 0 Å². The molecule has 1 aromatic heterocycles. The average molecular weight is 245 g/mol. The summed E-state index contributed by atoms with van der Waals surface area (Å²) in [7, 11) is 0. The van der Waals surface area contributed by atoms with Crippen molar-refractivity contribution in [3.8, 4) is 0 Å². The van der Waals surface area contributed by atoms with Crippen LogP contribution in [0.15, 0.2) is 24.3 Å². The number of nitrogens with one attached hydrogen (secondary N) is 1. The molecule has 2 rings (SSSR count). The van der Waals surface area contributed by atoms with Crippen molar-refractivity contribution in [2.24, 2.45) is 0 Å². The number of fused-ring (bicyclic) bond motifs is 1. The van der Waals surface area contributed by atoms with E-state index in [0.717, 1.165) is 29.7 Å². The molecule has 1 aromatic carbocycles. The quantitative estimate of drug-likeness (QED) is 0.844. The first kappa shape index (κ1) is 12.8. The van der Waals surface area contributed by atoms with Crippen molar-refractivity contribution in [2.75, 3.05) is 13.1 Å². The molecule has 96 valence electrons. The number of rotatable bonds is 6. The molecule has 18 heavy (non-hydrogen) atoms. The third-order valence-electron chi connectivity index (χ3n) is 2.97. The summed E-state index contributed by atoms with van der Waals surface area (Å²) in [4.78, 5) is 11.8. The Bertz CT molecular complexity index is 545. The average Bonchev–Trinajstić information content (AvgIpc) is 2.75. The van der Waals surface area contributed by atoms with Crippen LogP contribution in [0.2, 0.25) is 0 Å². The van der Waals surface area contributed by atoms with E-state index in [9.17, 15) is 4.79 Å². The zero-order chi connectivity index (χ0) is 13.0. The Balaban J connectivity index is 2.25. The number of Topliss-reactive ketones (excluding diaryl/α,β-unsaturated/α-hetero) is 1. The third kappa shape index (κ3) is 2.59. The lowest BCUT2D eigenvalue weighted by molar-refractivity contribution is -0.117. The number of aryl methyl sites for hydroxylation is 1. The number of nitrogens with zero attached hydrogens (tertiary/aromatic N) is 2. The van der Waals surface area contributed by atoms with E-state index < -0.39 is 0 Å². The highest BCUT2D eigenvalue weighted by atomic mass is 16.1. The Kier molecular flexibility index (Phi) is 4.10. The molecule has 0 atom stereocenters. The van der Waals surface area contributed by atoms with Crippen molar-refractivity contribution < 1.29 is 4.79 Å². The molecule has 4 nitrogen and oxygen atoms in total. The second kappa shape index (κ2) is 5.78. The van der Waals surface area contributed by atoms with Crippen LogP contribution in [0.3, 0.4) is 0 Å². The fourth-order valence-electron chi connectivity index (χ4n) is 2.08. The number of likely N-dealkylation sites (N-methyl/N-ethyl adjacent to an activating group) is 1. The van der Waals surface area contributed by atoms with Gasteiger partial charge in [0.2, 0.25) is 0 Å². The molecule has 4 heteroatoms. The van der Waals surface area contributed by atoms with Gasteiger partial charge in [-0.3, -0.25) is 9.48 Å². The molecule has 0 aliphatic heterocycles. The minimum Gasteiger partial charge on any atom is -0.310 e. The van der Waals surface area contributed by atoms with Crippen LogP contribution < -0.4 is 5.32 Å². The Hall–Kier alpha value is -1.68. The molecule has 0 bridgehead atoms. The lowest BCUT2D eigenvalue weighted by atomic mass is 10.1. The van der Waals surface area contributed by atoms with Crippen molar-refractivity contribution in [1.82, 2.24) is 15.1 Å². The maximum Gasteiger partial charge on any atom is 0.152 e. The Morgan fingerprint density at radius 2 is 2.11 bits per heavy atom. The molecule has 1 N–H and O–H groups in total. The molecule has 0 fully saturated rings. The van der Waals surface area contributed by atoms with E-state index in [2.05, 4.69) is 17.3 Å². The third-order valence-corrected chi connectivity index (χ3v) is 2.97. The van der Waals surface area contributed by atoms with Crippen molar-refractivity contribution in [2.45, 2.75) is 26.8 Å². The van der Waals surface area contributed by atoms with Gasteiger partial charge in [0.15, 0.2) is 5.78 Å². The van der Waals surface area contributed by atoms with E-state index in [1.54, 1.807) is 0 Å². The number of hydrogen-bond acceptors (Lipinski definition) is 3.